The van der Waals surface area contributed by atoms with E-state index in [0.29, 0.717) is 11.8 Å². The molecule has 142 valence electrons. The minimum absolute atomic E-state index is 0.133. The van der Waals surface area contributed by atoms with Crippen LogP contribution in [0.1, 0.15) is 81.8 Å². The smallest absolute Gasteiger partial charge is 0.141 e. The van der Waals surface area contributed by atoms with Gasteiger partial charge in [-0.05, 0) is 92.9 Å². The van der Waals surface area contributed by atoms with E-state index >= 15 is 0 Å². The first-order valence-electron chi connectivity index (χ1n) is 10.6. The fraction of sp³-hybridized carbons (Fsp3) is 0.560. The quantitative estimate of drug-likeness (QED) is 0.545. The molecule has 3 rings (SSSR count). The highest BCUT2D eigenvalue weighted by atomic mass is 19.1. The number of benzene rings is 1. The molecule has 0 atom stereocenters. The van der Waals surface area contributed by atoms with Crippen molar-refractivity contribution in [2.24, 2.45) is 17.8 Å². The lowest BCUT2D eigenvalue weighted by Gasteiger charge is -2.26. The fourth-order valence-corrected chi connectivity index (χ4v) is 4.59. The van der Waals surface area contributed by atoms with Gasteiger partial charge in [0.15, 0.2) is 0 Å². The van der Waals surface area contributed by atoms with Crippen molar-refractivity contribution in [3.63, 3.8) is 0 Å². The zero-order chi connectivity index (χ0) is 19.1. The molecule has 2 heteroatoms. The molecular weight excluding hydrogens is 333 g/mol. The van der Waals surface area contributed by atoms with Gasteiger partial charge in [0.2, 0.25) is 0 Å². The van der Waals surface area contributed by atoms with E-state index in [0.717, 1.165) is 43.1 Å². The number of allylic oxidation sites excluding steroid dienone is 2. The number of hydrogen-bond acceptors (Lipinski definition) is 1. The van der Waals surface area contributed by atoms with Gasteiger partial charge in [-0.15, -0.1) is 0 Å². The molecule has 0 aliphatic heterocycles. The Morgan fingerprint density at radius 2 is 1.81 bits per heavy atom. The van der Waals surface area contributed by atoms with Crippen molar-refractivity contribution >= 4 is 0 Å². The summed E-state index contributed by atoms with van der Waals surface area (Å²) in [4.78, 5) is 0. The van der Waals surface area contributed by atoms with E-state index in [4.69, 9.17) is 5.26 Å². The molecule has 1 aromatic carbocycles. The standard InChI is InChI=1S/C25H30FN/c1-2-19-7-9-20(10-8-19)5-3-4-6-21-11-13-22(14-12-21)23-15-16-24(18-27)25(26)17-23/h3,5,15-17,19-22H,2,7-14H2,1H3/b5-3+. The van der Waals surface area contributed by atoms with Gasteiger partial charge in [0, 0.05) is 5.92 Å². The molecule has 0 amide bonds. The summed E-state index contributed by atoms with van der Waals surface area (Å²) in [6, 6.07) is 6.95. The van der Waals surface area contributed by atoms with Gasteiger partial charge >= 0.3 is 0 Å². The van der Waals surface area contributed by atoms with Crippen molar-refractivity contribution in [3.8, 4) is 17.9 Å². The molecule has 0 bridgehead atoms. The summed E-state index contributed by atoms with van der Waals surface area (Å²) in [7, 11) is 0. The molecule has 0 saturated heterocycles. The predicted octanol–water partition coefficient (Wildman–Crippen LogP) is 6.75. The lowest BCUT2D eigenvalue weighted by atomic mass is 9.79. The summed E-state index contributed by atoms with van der Waals surface area (Å²) in [5.41, 5.74) is 1.16. The Labute approximate surface area is 163 Å². The van der Waals surface area contributed by atoms with Crippen LogP contribution in [0.4, 0.5) is 4.39 Å². The molecule has 27 heavy (non-hydrogen) atoms. The van der Waals surface area contributed by atoms with Crippen molar-refractivity contribution in [1.82, 2.24) is 0 Å². The first-order valence-corrected chi connectivity index (χ1v) is 10.6. The minimum Gasteiger partial charge on any atom is -0.206 e. The van der Waals surface area contributed by atoms with Crippen LogP contribution in [-0.2, 0) is 0 Å². The van der Waals surface area contributed by atoms with E-state index in [1.165, 1.54) is 32.1 Å². The van der Waals surface area contributed by atoms with Crippen LogP contribution < -0.4 is 0 Å². The second-order valence-corrected chi connectivity index (χ2v) is 8.24. The van der Waals surface area contributed by atoms with E-state index in [1.54, 1.807) is 12.1 Å². The molecule has 0 radical (unpaired) electrons. The van der Waals surface area contributed by atoms with Crippen molar-refractivity contribution in [1.29, 1.82) is 5.26 Å². The summed E-state index contributed by atoms with van der Waals surface area (Å²) in [5, 5.41) is 8.85. The molecule has 1 aromatic rings. The van der Waals surface area contributed by atoms with Gasteiger partial charge in [-0.3, -0.25) is 0 Å². The molecule has 0 heterocycles. The normalized spacial score (nSPS) is 28.3. The SMILES string of the molecule is CCC1CCC(/C=C/C#CC2CCC(c3ccc(C#N)c(F)c3)CC2)CC1. The molecular formula is C25H30FN. The monoisotopic (exact) mass is 363 g/mol. The van der Waals surface area contributed by atoms with E-state index in [-0.39, 0.29) is 5.56 Å². The molecule has 1 nitrogen and oxygen atoms in total. The molecule has 2 aliphatic rings. The Balaban J connectivity index is 1.45. The summed E-state index contributed by atoms with van der Waals surface area (Å²) < 4.78 is 13.8. The summed E-state index contributed by atoms with van der Waals surface area (Å²) in [6.45, 7) is 2.30. The van der Waals surface area contributed by atoms with Gasteiger partial charge in [-0.2, -0.15) is 5.26 Å². The van der Waals surface area contributed by atoms with Crippen LogP contribution in [0.15, 0.2) is 30.4 Å². The molecule has 0 aromatic heterocycles. The number of rotatable bonds is 3. The summed E-state index contributed by atoms with van der Waals surface area (Å²) in [6.07, 6.45) is 15.4. The highest BCUT2D eigenvalue weighted by Gasteiger charge is 2.22. The first-order chi connectivity index (χ1) is 13.2. The Hall–Kier alpha value is -2.06. The lowest BCUT2D eigenvalue weighted by Crippen LogP contribution is -2.12. The second kappa shape index (κ2) is 9.75. The molecule has 2 saturated carbocycles. The highest BCUT2D eigenvalue weighted by molar-refractivity contribution is 5.35. The Kier molecular flexibility index (Phi) is 7.11. The number of nitriles is 1. The first kappa shape index (κ1) is 19.7. The minimum atomic E-state index is -0.393. The lowest BCUT2D eigenvalue weighted by molar-refractivity contribution is 0.304. The fourth-order valence-electron chi connectivity index (χ4n) is 4.59. The zero-order valence-electron chi connectivity index (χ0n) is 16.4. The molecule has 2 aliphatic carbocycles. The molecule has 2 fully saturated rings. The van der Waals surface area contributed by atoms with Gasteiger partial charge < -0.3 is 0 Å². The Morgan fingerprint density at radius 1 is 1.07 bits per heavy atom. The van der Waals surface area contributed by atoms with Crippen molar-refractivity contribution in [2.75, 3.05) is 0 Å². The molecule has 0 unspecified atom stereocenters. The third kappa shape index (κ3) is 5.46. The van der Waals surface area contributed by atoms with E-state index in [9.17, 15) is 4.39 Å². The van der Waals surface area contributed by atoms with Gasteiger partial charge in [0.25, 0.3) is 0 Å². The molecule has 0 spiro atoms. The van der Waals surface area contributed by atoms with Crippen LogP contribution in [0, 0.1) is 46.7 Å². The van der Waals surface area contributed by atoms with E-state index in [2.05, 4.69) is 30.9 Å². The summed E-state index contributed by atoms with van der Waals surface area (Å²) in [5.74, 6) is 8.85. The maximum atomic E-state index is 13.8. The van der Waals surface area contributed by atoms with Crippen LogP contribution in [0.3, 0.4) is 0 Å². The zero-order valence-corrected chi connectivity index (χ0v) is 16.4. The van der Waals surface area contributed by atoms with Crippen LogP contribution >= 0.6 is 0 Å². The third-order valence-electron chi connectivity index (χ3n) is 6.52. The van der Waals surface area contributed by atoms with Gasteiger partial charge in [-0.25, -0.2) is 4.39 Å². The predicted molar refractivity (Wildman–Crippen MR) is 108 cm³/mol. The van der Waals surface area contributed by atoms with Gasteiger partial charge in [0.05, 0.1) is 5.56 Å². The van der Waals surface area contributed by atoms with Gasteiger partial charge in [-0.1, -0.05) is 37.3 Å². The summed E-state index contributed by atoms with van der Waals surface area (Å²) >= 11 is 0. The van der Waals surface area contributed by atoms with Crippen LogP contribution in [0.5, 0.6) is 0 Å². The number of halogens is 1. The van der Waals surface area contributed by atoms with Crippen molar-refractivity contribution in [2.45, 2.75) is 70.6 Å². The average Bonchev–Trinajstić information content (AvgIpc) is 2.72. The van der Waals surface area contributed by atoms with Gasteiger partial charge in [0.1, 0.15) is 11.9 Å². The van der Waals surface area contributed by atoms with Crippen LogP contribution in [-0.4, -0.2) is 0 Å². The topological polar surface area (TPSA) is 23.8 Å². The van der Waals surface area contributed by atoms with E-state index < -0.39 is 5.82 Å². The van der Waals surface area contributed by atoms with Crippen molar-refractivity contribution < 1.29 is 4.39 Å². The second-order valence-electron chi connectivity index (χ2n) is 8.24. The largest absolute Gasteiger partial charge is 0.206 e. The maximum Gasteiger partial charge on any atom is 0.141 e. The van der Waals surface area contributed by atoms with Crippen molar-refractivity contribution in [3.05, 3.63) is 47.3 Å². The van der Waals surface area contributed by atoms with E-state index in [1.807, 2.05) is 12.1 Å². The molecule has 0 N–H and O–H groups in total. The van der Waals surface area contributed by atoms with Crippen LogP contribution in [0.2, 0.25) is 0 Å². The Bertz CT molecular complexity index is 745. The Morgan fingerprint density at radius 3 is 2.44 bits per heavy atom. The highest BCUT2D eigenvalue weighted by Crippen LogP contribution is 2.36. The third-order valence-corrected chi connectivity index (χ3v) is 6.52. The van der Waals surface area contributed by atoms with Crippen LogP contribution in [0.25, 0.3) is 0 Å². The average molecular weight is 364 g/mol. The number of hydrogen-bond donors (Lipinski definition) is 0. The number of nitrogens with zero attached hydrogens (tertiary/aromatic N) is 1. The maximum absolute atomic E-state index is 13.8.